The van der Waals surface area contributed by atoms with Crippen LogP contribution in [0.15, 0.2) is 29.4 Å². The lowest BCUT2D eigenvalue weighted by atomic mass is 10.0. The monoisotopic (exact) mass is 361 g/mol. The molecular formula is C17H19N3O6. The van der Waals surface area contributed by atoms with Gasteiger partial charge in [0.1, 0.15) is 17.9 Å². The summed E-state index contributed by atoms with van der Waals surface area (Å²) < 4.78 is 15.7. The van der Waals surface area contributed by atoms with Crippen molar-refractivity contribution < 1.29 is 28.9 Å². The Bertz CT molecular complexity index is 800. The van der Waals surface area contributed by atoms with Crippen LogP contribution in [0.4, 0.5) is 0 Å². The minimum Gasteiger partial charge on any atom is -0.481 e. The molecule has 1 aromatic heterocycles. The molecule has 0 bridgehead atoms. The summed E-state index contributed by atoms with van der Waals surface area (Å²) in [6.07, 6.45) is 0. The Labute approximate surface area is 150 Å². The van der Waals surface area contributed by atoms with Gasteiger partial charge in [0.25, 0.3) is 0 Å². The van der Waals surface area contributed by atoms with Gasteiger partial charge in [-0.2, -0.15) is 9.97 Å². The Morgan fingerprint density at radius 1 is 1.19 bits per heavy atom. The van der Waals surface area contributed by atoms with Crippen LogP contribution in [0.2, 0.25) is 0 Å². The molecule has 2 aromatic rings. The lowest BCUT2D eigenvalue weighted by Crippen LogP contribution is -2.10. The molecule has 0 spiro atoms. The number of methoxy groups -OCH3 is 2. The van der Waals surface area contributed by atoms with Crippen molar-refractivity contribution in [3.8, 4) is 23.5 Å². The van der Waals surface area contributed by atoms with E-state index in [1.54, 1.807) is 26.0 Å². The first-order valence-corrected chi connectivity index (χ1v) is 7.68. The number of carboxylic acid groups (broad SMARTS) is 1. The number of carboxylic acids is 1. The summed E-state index contributed by atoms with van der Waals surface area (Å²) in [5, 5.41) is 13.5. The number of aromatic nitrogens is 2. The fourth-order valence-electron chi connectivity index (χ4n) is 2.09. The van der Waals surface area contributed by atoms with Gasteiger partial charge >= 0.3 is 12.0 Å². The van der Waals surface area contributed by atoms with Gasteiger partial charge in [0, 0.05) is 5.56 Å². The van der Waals surface area contributed by atoms with E-state index in [9.17, 15) is 9.90 Å². The summed E-state index contributed by atoms with van der Waals surface area (Å²) in [6.45, 7) is 3.79. The summed E-state index contributed by atoms with van der Waals surface area (Å²) in [5.74, 6) is -0.698. The number of hydrogen-bond acceptors (Lipinski definition) is 8. The molecule has 2 rings (SSSR count). The van der Waals surface area contributed by atoms with Crippen molar-refractivity contribution in [2.45, 2.75) is 13.8 Å². The molecule has 1 heterocycles. The van der Waals surface area contributed by atoms with Crippen LogP contribution in [-0.2, 0) is 4.84 Å². The van der Waals surface area contributed by atoms with Crippen LogP contribution in [0.3, 0.4) is 0 Å². The van der Waals surface area contributed by atoms with Crippen molar-refractivity contribution >= 4 is 11.7 Å². The van der Waals surface area contributed by atoms with Crippen LogP contribution in [-0.4, -0.2) is 47.6 Å². The fraction of sp³-hybridized carbons (Fsp3) is 0.294. The third-order valence-corrected chi connectivity index (χ3v) is 3.24. The Balaban J connectivity index is 2.49. The van der Waals surface area contributed by atoms with Gasteiger partial charge in [-0.05, 0) is 19.9 Å². The third-order valence-electron chi connectivity index (χ3n) is 3.24. The number of ether oxygens (including phenoxy) is 3. The second-order valence-electron chi connectivity index (χ2n) is 4.92. The van der Waals surface area contributed by atoms with Crippen molar-refractivity contribution in [1.29, 1.82) is 0 Å². The van der Waals surface area contributed by atoms with E-state index in [2.05, 4.69) is 15.1 Å². The van der Waals surface area contributed by atoms with Gasteiger partial charge in [0.05, 0.1) is 26.0 Å². The van der Waals surface area contributed by atoms with E-state index in [-0.39, 0.29) is 29.1 Å². The van der Waals surface area contributed by atoms with E-state index in [4.69, 9.17) is 19.0 Å². The Morgan fingerprint density at radius 2 is 1.85 bits per heavy atom. The summed E-state index contributed by atoms with van der Waals surface area (Å²) in [5.41, 5.74) is 0.677. The molecular weight excluding hydrogens is 342 g/mol. The van der Waals surface area contributed by atoms with Gasteiger partial charge in [-0.1, -0.05) is 17.3 Å². The number of benzene rings is 1. The van der Waals surface area contributed by atoms with Crippen LogP contribution in [0.25, 0.3) is 0 Å². The van der Waals surface area contributed by atoms with Gasteiger partial charge in [-0.3, -0.25) is 0 Å². The summed E-state index contributed by atoms with van der Waals surface area (Å²) in [6, 6.07) is 6.11. The minimum absolute atomic E-state index is 0.0522. The molecule has 9 nitrogen and oxygen atoms in total. The molecule has 1 aromatic carbocycles. The van der Waals surface area contributed by atoms with E-state index in [1.165, 1.54) is 26.4 Å². The second-order valence-corrected chi connectivity index (χ2v) is 4.92. The van der Waals surface area contributed by atoms with E-state index in [0.717, 1.165) is 0 Å². The number of nitrogens with zero attached hydrogens (tertiary/aromatic N) is 3. The molecule has 0 aliphatic rings. The number of rotatable bonds is 8. The highest BCUT2D eigenvalue weighted by Gasteiger charge is 2.20. The predicted octanol–water partition coefficient (Wildman–Crippen LogP) is 2.74. The molecule has 0 saturated heterocycles. The topological polar surface area (TPSA) is 112 Å². The Morgan fingerprint density at radius 3 is 2.38 bits per heavy atom. The Hall–Kier alpha value is -3.36. The maximum absolute atomic E-state index is 11.8. The van der Waals surface area contributed by atoms with Gasteiger partial charge in [-0.25, -0.2) is 4.79 Å². The molecule has 0 aliphatic carbocycles. The third kappa shape index (κ3) is 4.38. The molecule has 0 unspecified atom stereocenters. The first-order valence-electron chi connectivity index (χ1n) is 7.68. The lowest BCUT2D eigenvalue weighted by Gasteiger charge is -2.12. The van der Waals surface area contributed by atoms with Crippen LogP contribution < -0.4 is 14.2 Å². The van der Waals surface area contributed by atoms with Crippen molar-refractivity contribution in [3.05, 3.63) is 35.4 Å². The first-order chi connectivity index (χ1) is 12.5. The summed E-state index contributed by atoms with van der Waals surface area (Å²) >= 11 is 0. The van der Waals surface area contributed by atoms with E-state index >= 15 is 0 Å². The molecule has 1 N–H and O–H groups in total. The average Bonchev–Trinajstić information content (AvgIpc) is 2.65. The van der Waals surface area contributed by atoms with Gasteiger partial charge in [0.15, 0.2) is 0 Å². The largest absolute Gasteiger partial charge is 0.481 e. The first kappa shape index (κ1) is 19.0. The summed E-state index contributed by atoms with van der Waals surface area (Å²) in [7, 11) is 2.87. The maximum atomic E-state index is 11.8. The zero-order chi connectivity index (χ0) is 19.1. The Kier molecular flexibility index (Phi) is 6.31. The van der Waals surface area contributed by atoms with E-state index < -0.39 is 5.97 Å². The van der Waals surface area contributed by atoms with Crippen molar-refractivity contribution in [2.24, 2.45) is 5.16 Å². The number of hydrogen-bond donors (Lipinski definition) is 1. The predicted molar refractivity (Wildman–Crippen MR) is 92.4 cm³/mol. The highest BCUT2D eigenvalue weighted by molar-refractivity contribution is 6.08. The molecule has 0 saturated carbocycles. The molecule has 0 aliphatic heterocycles. The quantitative estimate of drug-likeness (QED) is 0.564. The highest BCUT2D eigenvalue weighted by Crippen LogP contribution is 2.29. The minimum atomic E-state index is -1.18. The van der Waals surface area contributed by atoms with Crippen molar-refractivity contribution in [1.82, 2.24) is 9.97 Å². The van der Waals surface area contributed by atoms with Gasteiger partial charge in [-0.15, -0.1) is 0 Å². The second kappa shape index (κ2) is 8.65. The molecule has 9 heteroatoms. The van der Waals surface area contributed by atoms with E-state index in [1.807, 2.05) is 0 Å². The highest BCUT2D eigenvalue weighted by atomic mass is 16.6. The van der Waals surface area contributed by atoms with Crippen LogP contribution in [0.1, 0.15) is 29.8 Å². The normalized spacial score (nSPS) is 11.0. The van der Waals surface area contributed by atoms with Crippen molar-refractivity contribution in [3.63, 3.8) is 0 Å². The molecule has 0 fully saturated rings. The summed E-state index contributed by atoms with van der Waals surface area (Å²) in [4.78, 5) is 24.9. The molecule has 0 amide bonds. The average molecular weight is 361 g/mol. The number of oxime groups is 1. The fourth-order valence-corrected chi connectivity index (χ4v) is 2.09. The maximum Gasteiger partial charge on any atom is 0.340 e. The van der Waals surface area contributed by atoms with Crippen LogP contribution >= 0.6 is 0 Å². The zero-order valence-electron chi connectivity index (χ0n) is 14.8. The molecule has 0 radical (unpaired) electrons. The van der Waals surface area contributed by atoms with Crippen LogP contribution in [0, 0.1) is 0 Å². The number of carbonyl (C=O) groups is 1. The lowest BCUT2D eigenvalue weighted by molar-refractivity contribution is 0.0693. The molecule has 26 heavy (non-hydrogen) atoms. The molecule has 138 valence electrons. The van der Waals surface area contributed by atoms with E-state index in [0.29, 0.717) is 17.9 Å². The molecule has 0 atom stereocenters. The number of aromatic carboxylic acids is 1. The van der Waals surface area contributed by atoms with Gasteiger partial charge in [0.2, 0.25) is 11.8 Å². The SMILES string of the molecule is CCON=C(C)c1cccc(Oc2nc(OC)cc(OC)n2)c1C(=O)O. The van der Waals surface area contributed by atoms with Crippen molar-refractivity contribution in [2.75, 3.05) is 20.8 Å². The smallest absolute Gasteiger partial charge is 0.340 e. The van der Waals surface area contributed by atoms with Gasteiger partial charge < -0.3 is 24.2 Å². The van der Waals surface area contributed by atoms with Crippen LogP contribution in [0.5, 0.6) is 23.5 Å². The standard InChI is InChI=1S/C17H19N3O6/c1-5-25-20-10(2)11-7-6-8-12(15(11)16(21)22)26-17-18-13(23-3)9-14(19-17)24-4/h6-9H,5H2,1-4H3,(H,21,22). The zero-order valence-corrected chi connectivity index (χ0v) is 14.8.